The third kappa shape index (κ3) is 3.14. The molecule has 0 radical (unpaired) electrons. The summed E-state index contributed by atoms with van der Waals surface area (Å²) in [6.07, 6.45) is 2.56. The highest BCUT2D eigenvalue weighted by Crippen LogP contribution is 2.14. The summed E-state index contributed by atoms with van der Waals surface area (Å²) in [5, 5.41) is 3.95. The number of nitrogens with two attached hydrogens (primary N) is 1. The molecule has 0 aliphatic carbocycles. The lowest BCUT2D eigenvalue weighted by Gasteiger charge is -2.02. The number of hydrogen-bond acceptors (Lipinski definition) is 4. The zero-order valence-electron chi connectivity index (χ0n) is 9.97. The summed E-state index contributed by atoms with van der Waals surface area (Å²) in [6, 6.07) is 9.93. The molecule has 2 N–H and O–H groups in total. The lowest BCUT2D eigenvalue weighted by molar-refractivity contribution is 0.345. The molecule has 2 rings (SSSR count). The predicted molar refractivity (Wildman–Crippen MR) is 65.4 cm³/mol. The first kappa shape index (κ1) is 11.8. The molecule has 0 aliphatic rings. The average molecular weight is 231 g/mol. The monoisotopic (exact) mass is 231 g/mol. The molecule has 0 amide bonds. The molecule has 0 spiro atoms. The first-order valence-electron chi connectivity index (χ1n) is 5.91. The Morgan fingerprint density at radius 3 is 2.76 bits per heavy atom. The maximum absolute atomic E-state index is 5.92. The largest absolute Gasteiger partial charge is 0.338 e. The maximum Gasteiger partial charge on any atom is 0.243 e. The number of nitrogens with zero attached hydrogens (tertiary/aromatic N) is 2. The molecule has 17 heavy (non-hydrogen) atoms. The summed E-state index contributed by atoms with van der Waals surface area (Å²) in [4.78, 5) is 4.32. The molecule has 1 aromatic heterocycles. The summed E-state index contributed by atoms with van der Waals surface area (Å²) in [5.74, 6) is 1.23. The Bertz CT molecular complexity index is 453. The van der Waals surface area contributed by atoms with Crippen LogP contribution < -0.4 is 5.73 Å². The minimum absolute atomic E-state index is 0.142. The van der Waals surface area contributed by atoms with Crippen LogP contribution in [0.5, 0.6) is 0 Å². The van der Waals surface area contributed by atoms with E-state index >= 15 is 0 Å². The number of aromatic nitrogens is 2. The maximum atomic E-state index is 5.92. The van der Waals surface area contributed by atoms with Gasteiger partial charge in [-0.15, -0.1) is 0 Å². The van der Waals surface area contributed by atoms with Gasteiger partial charge in [-0.3, -0.25) is 0 Å². The van der Waals surface area contributed by atoms with E-state index in [0.29, 0.717) is 18.1 Å². The van der Waals surface area contributed by atoms with Gasteiger partial charge in [0.2, 0.25) is 5.89 Å². The second kappa shape index (κ2) is 5.59. The van der Waals surface area contributed by atoms with Crippen LogP contribution in [-0.4, -0.2) is 10.1 Å². The van der Waals surface area contributed by atoms with E-state index in [4.69, 9.17) is 10.3 Å². The molecule has 0 fully saturated rings. The van der Waals surface area contributed by atoms with Gasteiger partial charge in [-0.1, -0.05) is 48.8 Å². The van der Waals surface area contributed by atoms with Crippen molar-refractivity contribution < 1.29 is 4.52 Å². The highest BCUT2D eigenvalue weighted by atomic mass is 16.5. The van der Waals surface area contributed by atoms with Crippen LogP contribution in [0.4, 0.5) is 0 Å². The molecular formula is C13H17N3O. The Hall–Kier alpha value is -1.68. The van der Waals surface area contributed by atoms with Gasteiger partial charge < -0.3 is 10.3 Å². The van der Waals surface area contributed by atoms with E-state index in [1.54, 1.807) is 0 Å². The van der Waals surface area contributed by atoms with Crippen LogP contribution in [0.1, 0.15) is 43.1 Å². The molecule has 1 aromatic carbocycles. The summed E-state index contributed by atoms with van der Waals surface area (Å²) < 4.78 is 5.17. The van der Waals surface area contributed by atoms with Crippen molar-refractivity contribution in [2.24, 2.45) is 5.73 Å². The molecule has 1 unspecified atom stereocenters. The van der Waals surface area contributed by atoms with Gasteiger partial charge in [0.15, 0.2) is 5.82 Å². The second-order valence-corrected chi connectivity index (χ2v) is 4.11. The Labute approximate surface area is 101 Å². The molecule has 0 bridgehead atoms. The van der Waals surface area contributed by atoms with Gasteiger partial charge in [0, 0.05) is 6.42 Å². The van der Waals surface area contributed by atoms with Gasteiger partial charge >= 0.3 is 0 Å². The van der Waals surface area contributed by atoms with Gasteiger partial charge in [0.05, 0.1) is 6.04 Å². The third-order valence-electron chi connectivity index (χ3n) is 2.61. The van der Waals surface area contributed by atoms with Gasteiger partial charge in [-0.05, 0) is 12.0 Å². The van der Waals surface area contributed by atoms with Crippen LogP contribution in [-0.2, 0) is 6.42 Å². The van der Waals surface area contributed by atoms with Crippen molar-refractivity contribution in [2.75, 3.05) is 0 Å². The molecule has 1 heterocycles. The fraction of sp³-hybridized carbons (Fsp3) is 0.385. The summed E-state index contributed by atoms with van der Waals surface area (Å²) in [5.41, 5.74) is 7.09. The molecule has 0 saturated heterocycles. The lowest BCUT2D eigenvalue weighted by atomic mass is 10.1. The number of hydrogen-bond donors (Lipinski definition) is 1. The number of benzene rings is 1. The molecule has 90 valence electrons. The van der Waals surface area contributed by atoms with E-state index < -0.39 is 0 Å². The van der Waals surface area contributed by atoms with Gasteiger partial charge in [0.25, 0.3) is 0 Å². The SMILES string of the molecule is CCCC(N)c1nc(Cc2ccccc2)no1. The highest BCUT2D eigenvalue weighted by Gasteiger charge is 2.13. The summed E-state index contributed by atoms with van der Waals surface area (Å²) >= 11 is 0. The van der Waals surface area contributed by atoms with E-state index in [0.717, 1.165) is 12.8 Å². The predicted octanol–water partition coefficient (Wildman–Crippen LogP) is 2.46. The molecular weight excluding hydrogens is 214 g/mol. The lowest BCUT2D eigenvalue weighted by Crippen LogP contribution is -2.10. The van der Waals surface area contributed by atoms with Crippen LogP contribution in [0.25, 0.3) is 0 Å². The topological polar surface area (TPSA) is 64.9 Å². The zero-order valence-corrected chi connectivity index (χ0v) is 9.97. The van der Waals surface area contributed by atoms with Crippen molar-refractivity contribution in [3.8, 4) is 0 Å². The minimum Gasteiger partial charge on any atom is -0.338 e. The Morgan fingerprint density at radius 1 is 1.29 bits per heavy atom. The van der Waals surface area contributed by atoms with Crippen molar-refractivity contribution in [3.05, 3.63) is 47.6 Å². The van der Waals surface area contributed by atoms with E-state index in [1.165, 1.54) is 5.56 Å². The van der Waals surface area contributed by atoms with Crippen molar-refractivity contribution in [1.82, 2.24) is 10.1 Å². The highest BCUT2D eigenvalue weighted by molar-refractivity contribution is 5.18. The van der Waals surface area contributed by atoms with Crippen molar-refractivity contribution in [2.45, 2.75) is 32.2 Å². The molecule has 1 atom stereocenters. The Morgan fingerprint density at radius 2 is 2.06 bits per heavy atom. The van der Waals surface area contributed by atoms with Crippen LogP contribution in [0.3, 0.4) is 0 Å². The van der Waals surface area contributed by atoms with Crippen LogP contribution in [0.2, 0.25) is 0 Å². The molecule has 4 nitrogen and oxygen atoms in total. The first-order valence-corrected chi connectivity index (χ1v) is 5.91. The van der Waals surface area contributed by atoms with Gasteiger partial charge in [0.1, 0.15) is 0 Å². The number of rotatable bonds is 5. The molecule has 2 aromatic rings. The fourth-order valence-electron chi connectivity index (χ4n) is 1.70. The van der Waals surface area contributed by atoms with E-state index in [1.807, 2.05) is 30.3 Å². The zero-order chi connectivity index (χ0) is 12.1. The quantitative estimate of drug-likeness (QED) is 0.858. The second-order valence-electron chi connectivity index (χ2n) is 4.11. The standard InChI is InChI=1S/C13H17N3O/c1-2-6-11(14)13-15-12(16-17-13)9-10-7-4-3-5-8-10/h3-5,7-8,11H,2,6,9,14H2,1H3. The van der Waals surface area contributed by atoms with E-state index in [2.05, 4.69) is 17.1 Å². The van der Waals surface area contributed by atoms with Crippen molar-refractivity contribution in [3.63, 3.8) is 0 Å². The van der Waals surface area contributed by atoms with Gasteiger partial charge in [-0.25, -0.2) is 0 Å². The third-order valence-corrected chi connectivity index (χ3v) is 2.61. The summed E-state index contributed by atoms with van der Waals surface area (Å²) in [7, 11) is 0. The van der Waals surface area contributed by atoms with Crippen molar-refractivity contribution in [1.29, 1.82) is 0 Å². The average Bonchev–Trinajstić information content (AvgIpc) is 2.79. The Kier molecular flexibility index (Phi) is 3.88. The smallest absolute Gasteiger partial charge is 0.243 e. The minimum atomic E-state index is -0.142. The Balaban J connectivity index is 2.04. The first-order chi connectivity index (χ1) is 8.29. The van der Waals surface area contributed by atoms with E-state index in [-0.39, 0.29) is 6.04 Å². The normalized spacial score (nSPS) is 12.6. The van der Waals surface area contributed by atoms with Gasteiger partial charge in [-0.2, -0.15) is 4.98 Å². The van der Waals surface area contributed by atoms with Crippen LogP contribution >= 0.6 is 0 Å². The van der Waals surface area contributed by atoms with Crippen molar-refractivity contribution >= 4 is 0 Å². The molecule has 0 aliphatic heterocycles. The molecule has 4 heteroatoms. The fourth-order valence-corrected chi connectivity index (χ4v) is 1.70. The summed E-state index contributed by atoms with van der Waals surface area (Å²) in [6.45, 7) is 2.08. The van der Waals surface area contributed by atoms with E-state index in [9.17, 15) is 0 Å². The van der Waals surface area contributed by atoms with Crippen LogP contribution in [0, 0.1) is 0 Å². The molecule has 0 saturated carbocycles. The van der Waals surface area contributed by atoms with Crippen LogP contribution in [0.15, 0.2) is 34.9 Å².